The van der Waals surface area contributed by atoms with E-state index >= 15 is 0 Å². The maximum Gasteiger partial charge on any atom is 0.335 e. The van der Waals surface area contributed by atoms with Gasteiger partial charge in [0.05, 0.1) is 5.56 Å². The lowest BCUT2D eigenvalue weighted by Crippen LogP contribution is -2.23. The zero-order valence-corrected chi connectivity index (χ0v) is 10.7. The number of halogens is 3. The molecule has 3 nitrogen and oxygen atoms in total. The van der Waals surface area contributed by atoms with Crippen molar-refractivity contribution >= 4 is 5.97 Å². The van der Waals surface area contributed by atoms with Crippen molar-refractivity contribution in [3.63, 3.8) is 0 Å². The molecule has 2 aromatic carbocycles. The normalized spacial score (nSPS) is 11.2. The van der Waals surface area contributed by atoms with Gasteiger partial charge in [0.15, 0.2) is 6.61 Å². The van der Waals surface area contributed by atoms with E-state index in [4.69, 9.17) is 9.84 Å². The minimum absolute atomic E-state index is 0.236. The Morgan fingerprint density at radius 1 is 1.14 bits per heavy atom. The van der Waals surface area contributed by atoms with Gasteiger partial charge in [0.25, 0.3) is 0 Å². The van der Waals surface area contributed by atoms with Gasteiger partial charge >= 0.3 is 11.9 Å². The van der Waals surface area contributed by atoms with Crippen molar-refractivity contribution in [2.24, 2.45) is 0 Å². The van der Waals surface area contributed by atoms with Crippen LogP contribution in [0.1, 0.15) is 15.9 Å². The number of hydrogen-bond donors (Lipinski definition) is 1. The summed E-state index contributed by atoms with van der Waals surface area (Å²) in [5.74, 6) is -5.76. The predicted octanol–water partition coefficient (Wildman–Crippen LogP) is 3.69. The maximum atomic E-state index is 13.9. The van der Waals surface area contributed by atoms with Crippen LogP contribution in [0.15, 0.2) is 48.5 Å². The van der Waals surface area contributed by atoms with Crippen molar-refractivity contribution < 1.29 is 27.8 Å². The van der Waals surface area contributed by atoms with E-state index < -0.39 is 24.3 Å². The van der Waals surface area contributed by atoms with Crippen LogP contribution in [0.3, 0.4) is 0 Å². The van der Waals surface area contributed by atoms with Gasteiger partial charge in [0.1, 0.15) is 11.6 Å². The van der Waals surface area contributed by atoms with E-state index in [0.717, 1.165) is 18.2 Å². The highest BCUT2D eigenvalue weighted by Gasteiger charge is 2.32. The van der Waals surface area contributed by atoms with E-state index in [1.54, 1.807) is 6.07 Å². The van der Waals surface area contributed by atoms with E-state index in [1.165, 1.54) is 24.3 Å². The summed E-state index contributed by atoms with van der Waals surface area (Å²) < 4.78 is 45.8. The fourth-order valence-electron chi connectivity index (χ4n) is 1.71. The van der Waals surface area contributed by atoms with Gasteiger partial charge in [0.2, 0.25) is 0 Å². The third kappa shape index (κ3) is 3.75. The molecule has 0 atom stereocenters. The summed E-state index contributed by atoms with van der Waals surface area (Å²) in [5.41, 5.74) is -0.604. The summed E-state index contributed by atoms with van der Waals surface area (Å²) >= 11 is 0. The average molecular weight is 296 g/mol. The molecule has 0 saturated heterocycles. The van der Waals surface area contributed by atoms with Crippen molar-refractivity contribution in [3.8, 4) is 5.75 Å². The Morgan fingerprint density at radius 2 is 1.81 bits per heavy atom. The Bertz CT molecular complexity index is 642. The predicted molar refractivity (Wildman–Crippen MR) is 69.2 cm³/mol. The number of carboxylic acid groups (broad SMARTS) is 1. The first-order valence-electron chi connectivity index (χ1n) is 5.98. The van der Waals surface area contributed by atoms with Crippen LogP contribution in [0.4, 0.5) is 13.2 Å². The fraction of sp³-hybridized carbons (Fsp3) is 0.133. The van der Waals surface area contributed by atoms with Crippen LogP contribution in [0.5, 0.6) is 5.75 Å². The van der Waals surface area contributed by atoms with Gasteiger partial charge in [-0.15, -0.1) is 0 Å². The highest BCUT2D eigenvalue weighted by atomic mass is 19.3. The number of carbonyl (C=O) groups is 1. The van der Waals surface area contributed by atoms with Gasteiger partial charge in [-0.25, -0.2) is 9.18 Å². The first kappa shape index (κ1) is 14.9. The molecule has 2 rings (SSSR count). The molecule has 2 aromatic rings. The maximum absolute atomic E-state index is 13.9. The zero-order valence-electron chi connectivity index (χ0n) is 10.7. The number of aromatic carboxylic acids is 1. The Hall–Kier alpha value is -2.50. The number of alkyl halides is 2. The van der Waals surface area contributed by atoms with Crippen molar-refractivity contribution in [1.29, 1.82) is 0 Å². The molecule has 0 saturated carbocycles. The third-order valence-corrected chi connectivity index (χ3v) is 2.73. The second-order valence-electron chi connectivity index (χ2n) is 4.34. The van der Waals surface area contributed by atoms with Crippen molar-refractivity contribution in [1.82, 2.24) is 0 Å². The van der Waals surface area contributed by atoms with E-state index in [2.05, 4.69) is 0 Å². The van der Waals surface area contributed by atoms with Crippen LogP contribution in [-0.4, -0.2) is 17.7 Å². The zero-order chi connectivity index (χ0) is 15.5. The molecule has 110 valence electrons. The Labute approximate surface area is 118 Å². The Balaban J connectivity index is 2.14. The van der Waals surface area contributed by atoms with Crippen molar-refractivity contribution in [2.45, 2.75) is 5.92 Å². The minimum Gasteiger partial charge on any atom is -0.487 e. The van der Waals surface area contributed by atoms with Crippen LogP contribution in [0.2, 0.25) is 0 Å². The second-order valence-corrected chi connectivity index (χ2v) is 4.34. The monoisotopic (exact) mass is 296 g/mol. The molecule has 0 aliphatic heterocycles. The van der Waals surface area contributed by atoms with Gasteiger partial charge in [0, 0.05) is 11.6 Å². The number of rotatable bonds is 5. The van der Waals surface area contributed by atoms with Crippen LogP contribution in [-0.2, 0) is 5.92 Å². The van der Waals surface area contributed by atoms with Crippen molar-refractivity contribution in [3.05, 3.63) is 65.5 Å². The third-order valence-electron chi connectivity index (χ3n) is 2.73. The molecule has 0 amide bonds. The molecule has 0 fully saturated rings. The largest absolute Gasteiger partial charge is 0.487 e. The molecule has 0 aliphatic carbocycles. The second kappa shape index (κ2) is 5.87. The van der Waals surface area contributed by atoms with Crippen LogP contribution < -0.4 is 4.74 Å². The molecule has 0 bridgehead atoms. The molecule has 0 unspecified atom stereocenters. The standard InChI is InChI=1S/C15H11F3O3/c16-12-6-10(14(19)20)7-13(8-12)21-9-15(17,18)11-4-2-1-3-5-11/h1-8H,9H2,(H,19,20). The average Bonchev–Trinajstić information content (AvgIpc) is 2.45. The fourth-order valence-corrected chi connectivity index (χ4v) is 1.71. The van der Waals surface area contributed by atoms with Crippen molar-refractivity contribution in [2.75, 3.05) is 6.61 Å². The number of ether oxygens (including phenoxy) is 1. The molecule has 0 aliphatic rings. The smallest absolute Gasteiger partial charge is 0.335 e. The molecule has 6 heteroatoms. The summed E-state index contributed by atoms with van der Waals surface area (Å²) in [6.07, 6.45) is 0. The summed E-state index contributed by atoms with van der Waals surface area (Å²) in [7, 11) is 0. The summed E-state index contributed by atoms with van der Waals surface area (Å²) in [5, 5.41) is 8.77. The topological polar surface area (TPSA) is 46.5 Å². The van der Waals surface area contributed by atoms with Gasteiger partial charge < -0.3 is 9.84 Å². The molecular formula is C15H11F3O3. The summed E-state index contributed by atoms with van der Waals surface area (Å²) in [6, 6.07) is 9.66. The summed E-state index contributed by atoms with van der Waals surface area (Å²) in [4.78, 5) is 10.8. The number of benzene rings is 2. The van der Waals surface area contributed by atoms with Gasteiger partial charge in [-0.2, -0.15) is 8.78 Å². The molecular weight excluding hydrogens is 285 g/mol. The van der Waals surface area contributed by atoms with E-state index in [0.29, 0.717) is 0 Å². The molecule has 21 heavy (non-hydrogen) atoms. The van der Waals surface area contributed by atoms with E-state index in [-0.39, 0.29) is 16.9 Å². The molecule has 0 aromatic heterocycles. The lowest BCUT2D eigenvalue weighted by molar-refractivity contribution is -0.0468. The first-order valence-corrected chi connectivity index (χ1v) is 5.98. The van der Waals surface area contributed by atoms with Gasteiger partial charge in [-0.05, 0) is 12.1 Å². The molecule has 1 N–H and O–H groups in total. The minimum atomic E-state index is -3.27. The van der Waals surface area contributed by atoms with E-state index in [9.17, 15) is 18.0 Å². The van der Waals surface area contributed by atoms with Crippen LogP contribution in [0, 0.1) is 5.82 Å². The highest BCUT2D eigenvalue weighted by molar-refractivity contribution is 5.88. The molecule has 0 radical (unpaired) electrons. The quantitative estimate of drug-likeness (QED) is 0.915. The van der Waals surface area contributed by atoms with E-state index in [1.807, 2.05) is 0 Å². The highest BCUT2D eigenvalue weighted by Crippen LogP contribution is 2.29. The lowest BCUT2D eigenvalue weighted by Gasteiger charge is -2.17. The molecule has 0 heterocycles. The van der Waals surface area contributed by atoms with Gasteiger partial charge in [-0.1, -0.05) is 30.3 Å². The summed E-state index contributed by atoms with van der Waals surface area (Å²) in [6.45, 7) is -1.01. The van der Waals surface area contributed by atoms with Crippen LogP contribution >= 0.6 is 0 Å². The van der Waals surface area contributed by atoms with Crippen LogP contribution in [0.25, 0.3) is 0 Å². The Kier molecular flexibility index (Phi) is 4.16. The Morgan fingerprint density at radius 3 is 2.43 bits per heavy atom. The SMILES string of the molecule is O=C(O)c1cc(F)cc(OCC(F)(F)c2ccccc2)c1. The first-order chi connectivity index (χ1) is 9.88. The number of hydrogen-bond acceptors (Lipinski definition) is 2. The lowest BCUT2D eigenvalue weighted by atomic mass is 10.1. The molecule has 0 spiro atoms. The number of carboxylic acids is 1. The van der Waals surface area contributed by atoms with Gasteiger partial charge in [-0.3, -0.25) is 0 Å².